The third-order valence-electron chi connectivity index (χ3n) is 6.44. The van der Waals surface area contributed by atoms with Crippen molar-refractivity contribution in [3.8, 4) is 0 Å². The van der Waals surface area contributed by atoms with Gasteiger partial charge in [-0.3, -0.25) is 9.69 Å². The minimum absolute atomic E-state index is 0.185. The van der Waals surface area contributed by atoms with E-state index in [2.05, 4.69) is 4.90 Å². The summed E-state index contributed by atoms with van der Waals surface area (Å²) in [7, 11) is 0. The minimum Gasteiger partial charge on any atom is -0.321 e. The molecule has 0 radical (unpaired) electrons. The molecule has 5 rings (SSSR count). The maximum absolute atomic E-state index is 11.8. The molecule has 1 unspecified atom stereocenters. The Morgan fingerprint density at radius 2 is 1.68 bits per heavy atom. The summed E-state index contributed by atoms with van der Waals surface area (Å²) in [5, 5.41) is 0. The number of carbonyl (C=O) groups is 1. The largest absolute Gasteiger partial charge is 0.321 e. The summed E-state index contributed by atoms with van der Waals surface area (Å²) >= 11 is 0. The summed E-state index contributed by atoms with van der Waals surface area (Å²) in [5.41, 5.74) is 5.81. The molecule has 0 aromatic carbocycles. The van der Waals surface area contributed by atoms with Gasteiger partial charge in [0.1, 0.15) is 0 Å². The minimum atomic E-state index is -0.185. The van der Waals surface area contributed by atoms with Gasteiger partial charge in [0.2, 0.25) is 0 Å². The number of Topliss-reactive ketones (excluding diaryl/α,β-unsaturated/α-hetero) is 1. The van der Waals surface area contributed by atoms with Gasteiger partial charge in [-0.2, -0.15) is 0 Å². The van der Waals surface area contributed by atoms with Crippen molar-refractivity contribution < 1.29 is 4.79 Å². The average molecular weight is 262 g/mol. The second kappa shape index (κ2) is 4.56. The molecule has 106 valence electrons. The zero-order chi connectivity index (χ0) is 13.0. The quantitative estimate of drug-likeness (QED) is 0.823. The number of nitrogens with zero attached hydrogens (tertiary/aromatic N) is 1. The van der Waals surface area contributed by atoms with Crippen LogP contribution in [0.5, 0.6) is 0 Å². The second-order valence-corrected chi connectivity index (χ2v) is 7.69. The van der Waals surface area contributed by atoms with Gasteiger partial charge in [0.05, 0.1) is 12.6 Å². The Bertz CT molecular complexity index is 353. The fraction of sp³-hybridized carbons (Fsp3) is 0.938. The maximum Gasteiger partial charge on any atom is 0.163 e. The van der Waals surface area contributed by atoms with E-state index >= 15 is 0 Å². The molecule has 0 aromatic heterocycles. The molecular weight excluding hydrogens is 236 g/mol. The van der Waals surface area contributed by atoms with Crippen LogP contribution >= 0.6 is 0 Å². The standard InChI is InChI=1S/C16H26N2O/c17-15-1-2-18(9-16(15)19)8-14-12-4-10-3-11(6-12)7-13(14)5-10/h10-15H,1-9,17H2. The number of nitrogens with two attached hydrogens (primary N) is 1. The molecule has 1 heterocycles. The number of carbonyl (C=O) groups excluding carboxylic acids is 1. The summed E-state index contributed by atoms with van der Waals surface area (Å²) in [6.45, 7) is 2.83. The summed E-state index contributed by atoms with van der Waals surface area (Å²) in [4.78, 5) is 14.2. The molecule has 4 bridgehead atoms. The van der Waals surface area contributed by atoms with Gasteiger partial charge in [-0.25, -0.2) is 0 Å². The molecule has 0 amide bonds. The first-order chi connectivity index (χ1) is 9.19. The molecule has 19 heavy (non-hydrogen) atoms. The van der Waals surface area contributed by atoms with Gasteiger partial charge < -0.3 is 5.73 Å². The molecule has 4 saturated carbocycles. The molecule has 5 aliphatic rings. The Morgan fingerprint density at radius 3 is 2.26 bits per heavy atom. The molecule has 3 nitrogen and oxygen atoms in total. The predicted octanol–water partition coefficient (Wildman–Crippen LogP) is 1.66. The lowest BCUT2D eigenvalue weighted by Gasteiger charge is -2.55. The molecule has 0 spiro atoms. The van der Waals surface area contributed by atoms with Gasteiger partial charge in [-0.15, -0.1) is 0 Å². The highest BCUT2D eigenvalue weighted by Gasteiger charge is 2.48. The highest BCUT2D eigenvalue weighted by Crippen LogP contribution is 2.56. The van der Waals surface area contributed by atoms with E-state index < -0.39 is 0 Å². The molecule has 5 fully saturated rings. The van der Waals surface area contributed by atoms with E-state index in [1.807, 2.05) is 0 Å². The molecule has 0 aromatic rings. The van der Waals surface area contributed by atoms with E-state index in [1.54, 1.807) is 0 Å². The van der Waals surface area contributed by atoms with Gasteiger partial charge in [-0.05, 0) is 68.1 Å². The first-order valence-corrected chi connectivity index (χ1v) is 8.19. The van der Waals surface area contributed by atoms with Crippen LogP contribution in [-0.4, -0.2) is 36.4 Å². The maximum atomic E-state index is 11.8. The van der Waals surface area contributed by atoms with Crippen molar-refractivity contribution >= 4 is 5.78 Å². The Morgan fingerprint density at radius 1 is 1.05 bits per heavy atom. The molecule has 4 aliphatic carbocycles. The van der Waals surface area contributed by atoms with Gasteiger partial charge in [0.25, 0.3) is 0 Å². The van der Waals surface area contributed by atoms with Crippen LogP contribution in [0.2, 0.25) is 0 Å². The first kappa shape index (κ1) is 12.3. The first-order valence-electron chi connectivity index (χ1n) is 8.19. The van der Waals surface area contributed by atoms with Crippen molar-refractivity contribution in [2.75, 3.05) is 19.6 Å². The van der Waals surface area contributed by atoms with E-state index in [4.69, 9.17) is 5.73 Å². The number of piperidine rings is 1. The molecule has 2 N–H and O–H groups in total. The Labute approximate surface area is 115 Å². The van der Waals surface area contributed by atoms with Crippen molar-refractivity contribution in [1.82, 2.24) is 4.90 Å². The normalized spacial score (nSPS) is 49.8. The third kappa shape index (κ3) is 2.15. The van der Waals surface area contributed by atoms with Gasteiger partial charge in [0, 0.05) is 13.1 Å². The van der Waals surface area contributed by atoms with E-state index in [0.717, 1.165) is 42.6 Å². The van der Waals surface area contributed by atoms with Crippen molar-refractivity contribution in [3.63, 3.8) is 0 Å². The zero-order valence-corrected chi connectivity index (χ0v) is 11.8. The lowest BCUT2D eigenvalue weighted by atomic mass is 9.52. The molecule has 3 heteroatoms. The van der Waals surface area contributed by atoms with E-state index in [-0.39, 0.29) is 11.8 Å². The SMILES string of the molecule is NC1CCN(CC2C3CC4CC(C3)CC2C4)CC1=O. The van der Waals surface area contributed by atoms with Crippen LogP contribution in [0.15, 0.2) is 0 Å². The molecule has 1 aliphatic heterocycles. The Balaban J connectivity index is 1.42. The Kier molecular flexibility index (Phi) is 2.96. The number of rotatable bonds is 2. The third-order valence-corrected chi connectivity index (χ3v) is 6.44. The van der Waals surface area contributed by atoms with Gasteiger partial charge in [0.15, 0.2) is 5.78 Å². The van der Waals surface area contributed by atoms with Crippen molar-refractivity contribution in [2.45, 2.75) is 44.6 Å². The van der Waals surface area contributed by atoms with E-state index in [9.17, 15) is 4.79 Å². The lowest BCUT2D eigenvalue weighted by molar-refractivity contribution is -0.125. The van der Waals surface area contributed by atoms with E-state index in [0.29, 0.717) is 6.54 Å². The highest BCUT2D eigenvalue weighted by molar-refractivity contribution is 5.86. The Hall–Kier alpha value is -0.410. The van der Waals surface area contributed by atoms with Crippen LogP contribution in [0.1, 0.15) is 38.5 Å². The molecule has 1 atom stereocenters. The summed E-state index contributed by atoms with van der Waals surface area (Å²) in [5.74, 6) is 5.19. The lowest BCUT2D eigenvalue weighted by Crippen LogP contribution is -2.53. The van der Waals surface area contributed by atoms with Crippen LogP contribution in [0.3, 0.4) is 0 Å². The monoisotopic (exact) mass is 262 g/mol. The van der Waals surface area contributed by atoms with Crippen molar-refractivity contribution in [1.29, 1.82) is 0 Å². The van der Waals surface area contributed by atoms with Crippen LogP contribution in [0.4, 0.5) is 0 Å². The second-order valence-electron chi connectivity index (χ2n) is 7.69. The average Bonchev–Trinajstić information content (AvgIpc) is 2.37. The van der Waals surface area contributed by atoms with Crippen LogP contribution < -0.4 is 5.73 Å². The van der Waals surface area contributed by atoms with Gasteiger partial charge >= 0.3 is 0 Å². The summed E-state index contributed by atoms with van der Waals surface area (Å²) < 4.78 is 0. The van der Waals surface area contributed by atoms with Crippen LogP contribution in [0, 0.1) is 29.6 Å². The fourth-order valence-corrected chi connectivity index (χ4v) is 5.69. The van der Waals surface area contributed by atoms with E-state index in [1.165, 1.54) is 38.6 Å². The van der Waals surface area contributed by atoms with Crippen LogP contribution in [0.25, 0.3) is 0 Å². The van der Waals surface area contributed by atoms with Gasteiger partial charge in [-0.1, -0.05) is 0 Å². The highest BCUT2D eigenvalue weighted by atomic mass is 16.1. The van der Waals surface area contributed by atoms with Crippen molar-refractivity contribution in [3.05, 3.63) is 0 Å². The number of hydrogen-bond donors (Lipinski definition) is 1. The number of ketones is 1. The topological polar surface area (TPSA) is 46.3 Å². The molecule has 1 saturated heterocycles. The summed E-state index contributed by atoms with van der Waals surface area (Å²) in [6.07, 6.45) is 8.33. The fourth-order valence-electron chi connectivity index (χ4n) is 5.69. The summed E-state index contributed by atoms with van der Waals surface area (Å²) in [6, 6.07) is -0.185. The van der Waals surface area contributed by atoms with Crippen molar-refractivity contribution in [2.24, 2.45) is 35.3 Å². The number of likely N-dealkylation sites (tertiary alicyclic amines) is 1. The predicted molar refractivity (Wildman–Crippen MR) is 74.6 cm³/mol. The molecular formula is C16H26N2O. The smallest absolute Gasteiger partial charge is 0.163 e. The number of hydrogen-bond acceptors (Lipinski definition) is 3. The zero-order valence-electron chi connectivity index (χ0n) is 11.8. The van der Waals surface area contributed by atoms with Crippen LogP contribution in [-0.2, 0) is 4.79 Å².